The van der Waals surface area contributed by atoms with Crippen LogP contribution in [0, 0.1) is 5.41 Å². The summed E-state index contributed by atoms with van der Waals surface area (Å²) in [7, 11) is 0. The molecule has 0 bridgehead atoms. The fraction of sp³-hybridized carbons (Fsp3) is 0.500. The molecule has 0 spiro atoms. The number of rotatable bonds is 4. The van der Waals surface area contributed by atoms with Gasteiger partial charge in [0.25, 0.3) is 0 Å². The number of hydrogen-bond donors (Lipinski definition) is 2. The van der Waals surface area contributed by atoms with Gasteiger partial charge in [-0.25, -0.2) is 0 Å². The van der Waals surface area contributed by atoms with Gasteiger partial charge in [0, 0.05) is 12.2 Å². The molecule has 0 atom stereocenters. The summed E-state index contributed by atoms with van der Waals surface area (Å²) < 4.78 is 5.55. The molecule has 0 radical (unpaired) electrons. The first-order valence-electron chi connectivity index (χ1n) is 6.43. The minimum Gasteiger partial charge on any atom is -0.493 e. The predicted octanol–water partition coefficient (Wildman–Crippen LogP) is 2.29. The van der Waals surface area contributed by atoms with Crippen LogP contribution in [-0.4, -0.2) is 24.2 Å². The number of aliphatic carboxylic acids is 1. The molecule has 4 nitrogen and oxygen atoms in total. The van der Waals surface area contributed by atoms with Gasteiger partial charge in [-0.1, -0.05) is 0 Å². The van der Waals surface area contributed by atoms with E-state index in [0.717, 1.165) is 43.7 Å². The number of benzene rings is 1. The molecule has 1 aliphatic heterocycles. The second-order valence-electron chi connectivity index (χ2n) is 5.21. The lowest BCUT2D eigenvalue weighted by atomic mass is 10.0. The molecular formula is C14H17NO3. The number of carboxylic acid groups (broad SMARTS) is 1. The molecular weight excluding hydrogens is 230 g/mol. The molecule has 1 fully saturated rings. The van der Waals surface area contributed by atoms with E-state index >= 15 is 0 Å². The Bertz CT molecular complexity index is 480. The molecule has 2 N–H and O–H groups in total. The standard InChI is InChI=1S/C14H17NO3/c16-13(17)14(5-6-14)9-15-11-3-4-12-10(8-11)2-1-7-18-12/h3-4,8,15H,1-2,5-7,9H2,(H,16,17). The molecule has 18 heavy (non-hydrogen) atoms. The first-order valence-corrected chi connectivity index (χ1v) is 6.43. The van der Waals surface area contributed by atoms with Crippen molar-refractivity contribution in [1.82, 2.24) is 0 Å². The zero-order valence-corrected chi connectivity index (χ0v) is 10.2. The van der Waals surface area contributed by atoms with Crippen molar-refractivity contribution in [1.29, 1.82) is 0 Å². The molecule has 0 unspecified atom stereocenters. The third-order valence-corrected chi connectivity index (χ3v) is 3.85. The SMILES string of the molecule is O=C(O)C1(CNc2ccc3c(c2)CCCO3)CC1. The molecule has 1 aromatic rings. The Hall–Kier alpha value is -1.71. The van der Waals surface area contributed by atoms with Crippen molar-refractivity contribution in [2.45, 2.75) is 25.7 Å². The third-order valence-electron chi connectivity index (χ3n) is 3.85. The van der Waals surface area contributed by atoms with E-state index < -0.39 is 11.4 Å². The molecule has 0 amide bonds. The second-order valence-corrected chi connectivity index (χ2v) is 5.21. The van der Waals surface area contributed by atoms with Crippen LogP contribution in [0.15, 0.2) is 18.2 Å². The van der Waals surface area contributed by atoms with Gasteiger partial charge in [0.1, 0.15) is 5.75 Å². The number of nitrogens with one attached hydrogen (secondary N) is 1. The Morgan fingerprint density at radius 3 is 3.00 bits per heavy atom. The van der Waals surface area contributed by atoms with Crippen molar-refractivity contribution < 1.29 is 14.6 Å². The molecule has 1 aliphatic carbocycles. The number of anilines is 1. The lowest BCUT2D eigenvalue weighted by molar-refractivity contribution is -0.142. The Balaban J connectivity index is 1.68. The van der Waals surface area contributed by atoms with Crippen molar-refractivity contribution in [2.24, 2.45) is 5.41 Å². The first kappa shape index (κ1) is 11.4. The van der Waals surface area contributed by atoms with Crippen molar-refractivity contribution in [3.05, 3.63) is 23.8 Å². The van der Waals surface area contributed by atoms with Gasteiger partial charge in [0.15, 0.2) is 0 Å². The summed E-state index contributed by atoms with van der Waals surface area (Å²) >= 11 is 0. The zero-order chi connectivity index (χ0) is 12.6. The molecule has 4 heteroatoms. The van der Waals surface area contributed by atoms with Crippen LogP contribution >= 0.6 is 0 Å². The fourth-order valence-electron chi connectivity index (χ4n) is 2.36. The highest BCUT2D eigenvalue weighted by atomic mass is 16.5. The number of carbonyl (C=O) groups is 1. The maximum absolute atomic E-state index is 11.1. The van der Waals surface area contributed by atoms with Crippen LogP contribution in [0.5, 0.6) is 5.75 Å². The highest BCUT2D eigenvalue weighted by molar-refractivity contribution is 5.78. The number of aryl methyl sites for hydroxylation is 1. The number of carboxylic acids is 1. The lowest BCUT2D eigenvalue weighted by Gasteiger charge is -2.19. The topological polar surface area (TPSA) is 58.6 Å². The van der Waals surface area contributed by atoms with Crippen molar-refractivity contribution in [3.63, 3.8) is 0 Å². The molecule has 3 rings (SSSR count). The Labute approximate surface area is 106 Å². The monoisotopic (exact) mass is 247 g/mol. The van der Waals surface area contributed by atoms with Crippen LogP contribution < -0.4 is 10.1 Å². The molecule has 1 saturated carbocycles. The van der Waals surface area contributed by atoms with E-state index in [-0.39, 0.29) is 0 Å². The minimum atomic E-state index is -0.684. The quantitative estimate of drug-likeness (QED) is 0.857. The van der Waals surface area contributed by atoms with Crippen molar-refractivity contribution in [2.75, 3.05) is 18.5 Å². The fourth-order valence-corrected chi connectivity index (χ4v) is 2.36. The van der Waals surface area contributed by atoms with Crippen LogP contribution in [0.3, 0.4) is 0 Å². The second kappa shape index (κ2) is 4.19. The van der Waals surface area contributed by atoms with Crippen LogP contribution in [0.1, 0.15) is 24.8 Å². The molecule has 96 valence electrons. The van der Waals surface area contributed by atoms with Crippen LogP contribution in [0.2, 0.25) is 0 Å². The summed E-state index contributed by atoms with van der Waals surface area (Å²) in [5.41, 5.74) is 1.69. The summed E-state index contributed by atoms with van der Waals surface area (Å²) in [5, 5.41) is 12.4. The number of ether oxygens (including phenoxy) is 1. The van der Waals surface area contributed by atoms with Crippen LogP contribution in [-0.2, 0) is 11.2 Å². The highest BCUT2D eigenvalue weighted by Crippen LogP contribution is 2.45. The Kier molecular flexibility index (Phi) is 2.65. The van der Waals surface area contributed by atoms with Gasteiger partial charge < -0.3 is 15.2 Å². The van der Waals surface area contributed by atoms with Crippen LogP contribution in [0.4, 0.5) is 5.69 Å². The van der Waals surface area contributed by atoms with Gasteiger partial charge >= 0.3 is 5.97 Å². The predicted molar refractivity (Wildman–Crippen MR) is 68.1 cm³/mol. The minimum absolute atomic E-state index is 0.516. The number of hydrogen-bond acceptors (Lipinski definition) is 3. The molecule has 0 aromatic heterocycles. The van der Waals surface area contributed by atoms with E-state index in [9.17, 15) is 4.79 Å². The smallest absolute Gasteiger partial charge is 0.311 e. The van der Waals surface area contributed by atoms with Crippen molar-refractivity contribution in [3.8, 4) is 5.75 Å². The average Bonchev–Trinajstić information content (AvgIpc) is 3.17. The summed E-state index contributed by atoms with van der Waals surface area (Å²) in [5.74, 6) is 0.280. The molecule has 1 aromatic carbocycles. The Morgan fingerprint density at radius 1 is 1.44 bits per heavy atom. The summed E-state index contributed by atoms with van der Waals surface area (Å²) in [4.78, 5) is 11.1. The highest BCUT2D eigenvalue weighted by Gasteiger charge is 2.49. The zero-order valence-electron chi connectivity index (χ0n) is 10.2. The summed E-state index contributed by atoms with van der Waals surface area (Å²) in [6, 6.07) is 6.01. The summed E-state index contributed by atoms with van der Waals surface area (Å²) in [6.07, 6.45) is 3.65. The van der Waals surface area contributed by atoms with Gasteiger partial charge in [-0.2, -0.15) is 0 Å². The van der Waals surface area contributed by atoms with E-state index in [0.29, 0.717) is 6.54 Å². The van der Waals surface area contributed by atoms with Gasteiger partial charge in [-0.3, -0.25) is 4.79 Å². The maximum atomic E-state index is 11.1. The first-order chi connectivity index (χ1) is 8.70. The van der Waals surface area contributed by atoms with E-state index in [2.05, 4.69) is 11.4 Å². The van der Waals surface area contributed by atoms with Gasteiger partial charge in [0.05, 0.1) is 12.0 Å². The van der Waals surface area contributed by atoms with Crippen LogP contribution in [0.25, 0.3) is 0 Å². The van der Waals surface area contributed by atoms with Gasteiger partial charge in [-0.05, 0) is 49.4 Å². The lowest BCUT2D eigenvalue weighted by Crippen LogP contribution is -2.24. The molecule has 1 heterocycles. The van der Waals surface area contributed by atoms with E-state index in [1.165, 1.54) is 5.56 Å². The van der Waals surface area contributed by atoms with Gasteiger partial charge in [-0.15, -0.1) is 0 Å². The summed E-state index contributed by atoms with van der Waals surface area (Å²) in [6.45, 7) is 1.31. The van der Waals surface area contributed by atoms with E-state index in [1.807, 2.05) is 12.1 Å². The number of fused-ring (bicyclic) bond motifs is 1. The maximum Gasteiger partial charge on any atom is 0.311 e. The third kappa shape index (κ3) is 2.03. The van der Waals surface area contributed by atoms with E-state index in [4.69, 9.17) is 9.84 Å². The molecule has 0 saturated heterocycles. The molecule has 2 aliphatic rings. The largest absolute Gasteiger partial charge is 0.493 e. The van der Waals surface area contributed by atoms with E-state index in [1.54, 1.807) is 0 Å². The Morgan fingerprint density at radius 2 is 2.28 bits per heavy atom. The van der Waals surface area contributed by atoms with Crippen molar-refractivity contribution >= 4 is 11.7 Å². The van der Waals surface area contributed by atoms with Gasteiger partial charge in [0.2, 0.25) is 0 Å². The normalized spacial score (nSPS) is 19.6. The average molecular weight is 247 g/mol.